The predicted molar refractivity (Wildman–Crippen MR) is 123 cm³/mol. The second-order valence-electron chi connectivity index (χ2n) is 8.67. The average molecular weight is 477 g/mol. The maximum atomic E-state index is 13.1. The van der Waals surface area contributed by atoms with Crippen molar-refractivity contribution in [3.05, 3.63) is 47.1 Å². The minimum atomic E-state index is -4.40. The summed E-state index contributed by atoms with van der Waals surface area (Å²) in [5, 5.41) is 9.36. The van der Waals surface area contributed by atoms with Crippen LogP contribution in [0.3, 0.4) is 0 Å². The number of alkyl halides is 3. The number of benzene rings is 1. The first-order valence-electron chi connectivity index (χ1n) is 11.2. The zero-order valence-electron chi connectivity index (χ0n) is 18.5. The number of carbonyl (C=O) groups excluding carboxylic acids is 1. The second kappa shape index (κ2) is 10.1. The number of amides is 1. The highest BCUT2D eigenvalue weighted by Gasteiger charge is 2.31. The van der Waals surface area contributed by atoms with Gasteiger partial charge in [-0.1, -0.05) is 49.1 Å². The van der Waals surface area contributed by atoms with Crippen molar-refractivity contribution in [3.63, 3.8) is 0 Å². The number of rotatable bonds is 7. The van der Waals surface area contributed by atoms with Crippen LogP contribution in [-0.2, 0) is 17.8 Å². The topological polar surface area (TPSA) is 59.8 Å². The maximum Gasteiger partial charge on any atom is 0.408 e. The molecule has 1 aliphatic carbocycles. The van der Waals surface area contributed by atoms with E-state index in [0.29, 0.717) is 40.0 Å². The van der Waals surface area contributed by atoms with Gasteiger partial charge in [-0.25, -0.2) is 4.98 Å². The van der Waals surface area contributed by atoms with Crippen molar-refractivity contribution in [3.8, 4) is 21.8 Å². The molecular formula is C24H27F3N4OS. The van der Waals surface area contributed by atoms with Crippen molar-refractivity contribution in [2.45, 2.75) is 58.2 Å². The first kappa shape index (κ1) is 23.5. The average Bonchev–Trinajstić information content (AvgIpc) is 3.39. The Morgan fingerprint density at radius 2 is 1.91 bits per heavy atom. The molecule has 1 saturated carbocycles. The summed E-state index contributed by atoms with van der Waals surface area (Å²) >= 11 is 1.31. The van der Waals surface area contributed by atoms with Crippen LogP contribution in [0.25, 0.3) is 21.8 Å². The van der Waals surface area contributed by atoms with Crippen molar-refractivity contribution >= 4 is 17.2 Å². The second-order valence-corrected chi connectivity index (χ2v) is 9.53. The molecular weight excluding hydrogens is 449 g/mol. The van der Waals surface area contributed by atoms with Gasteiger partial charge < -0.3 is 5.32 Å². The monoisotopic (exact) mass is 476 g/mol. The molecule has 2 aromatic heterocycles. The number of hydrogen-bond acceptors (Lipinski definition) is 4. The fourth-order valence-electron chi connectivity index (χ4n) is 4.24. The van der Waals surface area contributed by atoms with Gasteiger partial charge in [-0.3, -0.25) is 9.48 Å². The number of nitrogens with zero attached hydrogens (tertiary/aromatic N) is 3. The van der Waals surface area contributed by atoms with E-state index in [1.807, 2.05) is 19.1 Å². The summed E-state index contributed by atoms with van der Waals surface area (Å²) in [5.74, 6) is 0.467. The highest BCUT2D eigenvalue weighted by atomic mass is 32.1. The Balaban J connectivity index is 1.52. The summed E-state index contributed by atoms with van der Waals surface area (Å²) in [4.78, 5) is 16.9. The van der Waals surface area contributed by atoms with Gasteiger partial charge in [-0.15, -0.1) is 11.3 Å². The molecule has 1 N–H and O–H groups in total. The van der Waals surface area contributed by atoms with Gasteiger partial charge in [-0.2, -0.15) is 18.3 Å². The molecule has 1 aromatic carbocycles. The van der Waals surface area contributed by atoms with E-state index in [4.69, 9.17) is 0 Å². The Labute approximate surface area is 195 Å². The van der Waals surface area contributed by atoms with E-state index < -0.39 is 12.7 Å². The van der Waals surface area contributed by atoms with Crippen molar-refractivity contribution in [1.29, 1.82) is 0 Å². The number of thiazole rings is 1. The minimum Gasteiger partial charge on any atom is -0.355 e. The normalized spacial score (nSPS) is 15.0. The molecule has 1 fully saturated rings. The molecule has 0 saturated heterocycles. The lowest BCUT2D eigenvalue weighted by Gasteiger charge is -2.21. The third-order valence-electron chi connectivity index (χ3n) is 5.93. The highest BCUT2D eigenvalue weighted by Crippen LogP contribution is 2.35. The van der Waals surface area contributed by atoms with E-state index in [1.165, 1.54) is 36.8 Å². The lowest BCUT2D eigenvalue weighted by Crippen LogP contribution is -2.31. The zero-order chi connectivity index (χ0) is 23.4. The van der Waals surface area contributed by atoms with Crippen LogP contribution in [-0.4, -0.2) is 33.4 Å². The van der Waals surface area contributed by atoms with Crippen molar-refractivity contribution in [1.82, 2.24) is 20.1 Å². The molecule has 0 radical (unpaired) electrons. The minimum absolute atomic E-state index is 0.0797. The van der Waals surface area contributed by atoms with Gasteiger partial charge in [0.05, 0.1) is 29.6 Å². The Bertz CT molecular complexity index is 1080. The number of halogens is 3. The molecule has 0 unspecified atom stereocenters. The van der Waals surface area contributed by atoms with E-state index in [2.05, 4.69) is 15.4 Å². The molecule has 1 amide bonds. The van der Waals surface area contributed by atoms with Gasteiger partial charge in [0.25, 0.3) is 0 Å². The molecule has 5 nitrogen and oxygen atoms in total. The molecule has 176 valence electrons. The number of aromatic nitrogens is 3. The van der Waals surface area contributed by atoms with E-state index in [-0.39, 0.29) is 12.3 Å². The van der Waals surface area contributed by atoms with E-state index in [9.17, 15) is 18.0 Å². The van der Waals surface area contributed by atoms with Gasteiger partial charge >= 0.3 is 6.18 Å². The predicted octanol–water partition coefficient (Wildman–Crippen LogP) is 5.78. The molecule has 1 aliphatic rings. The third kappa shape index (κ3) is 6.22. The van der Waals surface area contributed by atoms with E-state index in [0.717, 1.165) is 23.1 Å². The van der Waals surface area contributed by atoms with Crippen molar-refractivity contribution in [2.24, 2.45) is 5.92 Å². The fraction of sp³-hybridized carbons (Fsp3) is 0.458. The van der Waals surface area contributed by atoms with Gasteiger partial charge in [0, 0.05) is 17.5 Å². The lowest BCUT2D eigenvalue weighted by molar-refractivity contribution is -0.142. The first-order valence-corrected chi connectivity index (χ1v) is 12.1. The standard InChI is InChI=1S/C24H27F3N4OS/c1-16-7-9-18(10-8-16)22-20(13-29-31(22)15-24(25,26)27)23-30-19(14-33-23)11-21(32)28-12-17-5-3-2-4-6-17/h7-10,13-14,17H,2-6,11-12,15H2,1H3,(H,28,32). The van der Waals surface area contributed by atoms with Crippen LogP contribution in [0.5, 0.6) is 0 Å². The summed E-state index contributed by atoms with van der Waals surface area (Å²) in [7, 11) is 0. The quantitative estimate of drug-likeness (QED) is 0.470. The summed E-state index contributed by atoms with van der Waals surface area (Å²) in [6.45, 7) is 1.43. The zero-order valence-corrected chi connectivity index (χ0v) is 19.3. The summed E-state index contributed by atoms with van der Waals surface area (Å²) < 4.78 is 40.4. The van der Waals surface area contributed by atoms with Gasteiger partial charge in [-0.05, 0) is 25.7 Å². The van der Waals surface area contributed by atoms with Crippen LogP contribution in [0.4, 0.5) is 13.2 Å². The van der Waals surface area contributed by atoms with E-state index >= 15 is 0 Å². The molecule has 0 aliphatic heterocycles. The highest BCUT2D eigenvalue weighted by molar-refractivity contribution is 7.13. The van der Waals surface area contributed by atoms with Crippen LogP contribution in [0.15, 0.2) is 35.8 Å². The number of nitrogens with one attached hydrogen (secondary N) is 1. The van der Waals surface area contributed by atoms with Crippen LogP contribution < -0.4 is 5.32 Å². The first-order chi connectivity index (χ1) is 15.8. The number of aryl methyl sites for hydroxylation is 1. The van der Waals surface area contributed by atoms with E-state index in [1.54, 1.807) is 17.5 Å². The molecule has 3 aromatic rings. The Hall–Kier alpha value is -2.68. The van der Waals surface area contributed by atoms with Crippen LogP contribution in [0.2, 0.25) is 0 Å². The molecule has 4 rings (SSSR count). The molecule has 2 heterocycles. The van der Waals surface area contributed by atoms with Crippen molar-refractivity contribution in [2.75, 3.05) is 6.54 Å². The SMILES string of the molecule is Cc1ccc(-c2c(-c3nc(CC(=O)NCC4CCCCC4)cs3)cnn2CC(F)(F)F)cc1. The maximum absolute atomic E-state index is 13.1. The van der Waals surface area contributed by atoms with Gasteiger partial charge in [0.2, 0.25) is 5.91 Å². The van der Waals surface area contributed by atoms with Crippen LogP contribution >= 0.6 is 11.3 Å². The van der Waals surface area contributed by atoms with Crippen molar-refractivity contribution < 1.29 is 18.0 Å². The number of hydrogen-bond donors (Lipinski definition) is 1. The Kier molecular flexibility index (Phi) is 7.17. The summed E-state index contributed by atoms with van der Waals surface area (Å²) in [6.07, 6.45) is 3.22. The van der Waals surface area contributed by atoms with Gasteiger partial charge in [0.1, 0.15) is 11.6 Å². The fourth-order valence-corrected chi connectivity index (χ4v) is 5.07. The molecule has 0 bridgehead atoms. The van der Waals surface area contributed by atoms with Gasteiger partial charge in [0.15, 0.2) is 0 Å². The molecule has 0 atom stereocenters. The lowest BCUT2D eigenvalue weighted by atomic mass is 9.89. The Morgan fingerprint density at radius 1 is 1.18 bits per heavy atom. The summed E-state index contributed by atoms with van der Waals surface area (Å²) in [5.41, 5.74) is 3.16. The molecule has 0 spiro atoms. The smallest absolute Gasteiger partial charge is 0.355 e. The van der Waals surface area contributed by atoms with Crippen LogP contribution in [0.1, 0.15) is 43.4 Å². The largest absolute Gasteiger partial charge is 0.408 e. The Morgan fingerprint density at radius 3 is 2.61 bits per heavy atom. The summed E-state index contributed by atoms with van der Waals surface area (Å²) in [6, 6.07) is 7.29. The third-order valence-corrected chi connectivity index (χ3v) is 6.85. The van der Waals surface area contributed by atoms with Crippen LogP contribution in [0, 0.1) is 12.8 Å². The molecule has 9 heteroatoms. The number of carbonyl (C=O) groups is 1. The molecule has 33 heavy (non-hydrogen) atoms.